The third-order valence-corrected chi connectivity index (χ3v) is 0. The number of rotatable bonds is 0. The molecule has 0 spiro atoms. The Balaban J connectivity index is 0. The molecule has 6 heavy (non-hydrogen) atoms. The summed E-state index contributed by atoms with van der Waals surface area (Å²) in [5.74, 6) is 0. The van der Waals surface area contributed by atoms with E-state index in [2.05, 4.69) is 50.8 Å². The van der Waals surface area contributed by atoms with Gasteiger partial charge in [0.1, 0.15) is 0 Å². The van der Waals surface area contributed by atoms with Gasteiger partial charge in [0.05, 0.1) is 0 Å². The second-order valence-electron chi connectivity index (χ2n) is 0.429. The summed E-state index contributed by atoms with van der Waals surface area (Å²) >= 11 is 13.3. The monoisotopic (exact) mass is 452 g/mol. The second kappa shape index (κ2) is 4.58. The van der Waals surface area contributed by atoms with Crippen LogP contribution in [0.2, 0.25) is 0 Å². The Morgan fingerprint density at radius 2 is 0.833 bits per heavy atom. The first kappa shape index (κ1) is 11.5. The van der Waals surface area contributed by atoms with Gasteiger partial charge in [-0.1, -0.05) is 7.43 Å². The van der Waals surface area contributed by atoms with Crippen LogP contribution in [0.25, 0.3) is 0 Å². The Morgan fingerprint density at radius 1 is 0.833 bits per heavy atom. The van der Waals surface area contributed by atoms with Gasteiger partial charge in [0, 0.05) is 0 Å². The van der Waals surface area contributed by atoms with Crippen molar-refractivity contribution in [3.8, 4) is 0 Å². The molecule has 0 rings (SSSR count). The van der Waals surface area contributed by atoms with E-state index in [4.69, 9.17) is 0 Å². The fraction of sp³-hybridized carbons (Fsp3) is 1.00. The number of hydrogen-bond acceptors (Lipinski definition) is 0. The molecule has 0 heterocycles. The summed E-state index contributed by atoms with van der Waals surface area (Å²) < 4.78 is 0. The quantitative estimate of drug-likeness (QED) is 0.491. The van der Waals surface area contributed by atoms with Gasteiger partial charge in [-0.15, -0.1) is 0 Å². The molecule has 0 bridgehead atoms. The van der Waals surface area contributed by atoms with Gasteiger partial charge in [-0.3, -0.25) is 0 Å². The second-order valence-corrected chi connectivity index (χ2v) is 77.6. The first-order valence-electron chi connectivity index (χ1n) is 0.756. The van der Waals surface area contributed by atoms with Crippen LogP contribution < -0.4 is 0 Å². The van der Waals surface area contributed by atoms with Crippen molar-refractivity contribution >= 4 is 60.3 Å². The molecule has 0 fully saturated rings. The molecule has 0 saturated heterocycles. The Hall–Kier alpha value is 2.72. The van der Waals surface area contributed by atoms with E-state index in [0.717, 1.165) is 0 Å². The first-order valence-corrected chi connectivity index (χ1v) is 26.3. The molecule has 0 amide bonds. The fourth-order valence-corrected chi connectivity index (χ4v) is 0. The Kier molecular flexibility index (Phi) is 8.79. The zero-order chi connectivity index (χ0) is 4.50. The van der Waals surface area contributed by atoms with Crippen molar-refractivity contribution in [3.63, 3.8) is 0 Å². The molecule has 0 aromatic heterocycles. The Labute approximate surface area is 66.3 Å². The summed E-state index contributed by atoms with van der Waals surface area (Å²) in [6, 6.07) is 0. The van der Waals surface area contributed by atoms with Gasteiger partial charge in [0.2, 0.25) is 0 Å². The van der Waals surface area contributed by atoms with Crippen LogP contribution in [-0.2, 0) is 0 Å². The average molecular weight is 454 g/mol. The van der Waals surface area contributed by atoms with E-state index < -0.39 is 9.49 Å². The van der Waals surface area contributed by atoms with E-state index in [-0.39, 0.29) is 7.43 Å². The van der Waals surface area contributed by atoms with Crippen LogP contribution in [0.4, 0.5) is 0 Å². The van der Waals surface area contributed by atoms with Crippen molar-refractivity contribution in [2.45, 2.75) is 7.43 Å². The standard InChI is InChI=1S/CH4.4BrH.Sn/h1H4;4*1H;/q;;;;;+4/p-4. The maximum atomic E-state index is 3.34. The zero-order valence-electron chi connectivity index (χ0n) is 2.01. The topological polar surface area (TPSA) is 0 Å². The summed E-state index contributed by atoms with van der Waals surface area (Å²) in [5.41, 5.74) is 0. The van der Waals surface area contributed by atoms with E-state index in [0.29, 0.717) is 0 Å². The van der Waals surface area contributed by atoms with Crippen LogP contribution in [0.15, 0.2) is 0 Å². The third kappa shape index (κ3) is 29.7. The van der Waals surface area contributed by atoms with Crippen LogP contribution in [0.3, 0.4) is 0 Å². The van der Waals surface area contributed by atoms with Gasteiger partial charge < -0.3 is 0 Å². The minimum atomic E-state index is -1.93. The molecule has 0 aliphatic heterocycles. The van der Waals surface area contributed by atoms with Crippen LogP contribution in [-0.4, -0.2) is 9.49 Å². The molecule has 0 N–H and O–H groups in total. The van der Waals surface area contributed by atoms with Crippen molar-refractivity contribution in [1.82, 2.24) is 0 Å². The van der Waals surface area contributed by atoms with Crippen LogP contribution in [0.5, 0.6) is 0 Å². The molecular formula is CH4Br4Sn. The summed E-state index contributed by atoms with van der Waals surface area (Å²) in [6.07, 6.45) is 0. The average Bonchev–Trinajstić information content (AvgIpc) is 0.722. The summed E-state index contributed by atoms with van der Waals surface area (Å²) in [6.45, 7) is 0. The van der Waals surface area contributed by atoms with Crippen LogP contribution >= 0.6 is 50.8 Å². The van der Waals surface area contributed by atoms with E-state index in [1.165, 1.54) is 0 Å². The van der Waals surface area contributed by atoms with Crippen molar-refractivity contribution < 1.29 is 0 Å². The van der Waals surface area contributed by atoms with Gasteiger partial charge in [-0.25, -0.2) is 0 Å². The molecule has 0 unspecified atom stereocenters. The van der Waals surface area contributed by atoms with Crippen LogP contribution in [0.1, 0.15) is 7.43 Å². The molecule has 0 nitrogen and oxygen atoms in total. The Bertz CT molecular complexity index is 23.0. The van der Waals surface area contributed by atoms with Crippen LogP contribution in [0, 0.1) is 0 Å². The predicted octanol–water partition coefficient (Wildman–Crippen LogP) is 3.64. The Morgan fingerprint density at radius 3 is 0.833 bits per heavy atom. The van der Waals surface area contributed by atoms with Crippen molar-refractivity contribution in [2.75, 3.05) is 0 Å². The maximum absolute atomic E-state index is 3.34. The molecule has 0 aromatic carbocycles. The summed E-state index contributed by atoms with van der Waals surface area (Å²) in [4.78, 5) is 0. The fourth-order valence-electron chi connectivity index (χ4n) is 0. The van der Waals surface area contributed by atoms with E-state index in [1.54, 1.807) is 0 Å². The molecule has 0 aromatic rings. The molecule has 0 saturated carbocycles. The van der Waals surface area contributed by atoms with Gasteiger partial charge in [-0.2, -0.15) is 0 Å². The molecular weight excluding hydrogens is 450 g/mol. The van der Waals surface area contributed by atoms with Gasteiger partial charge in [0.25, 0.3) is 0 Å². The SMILES string of the molecule is C.[Br][Sn]([Br])([Br])[Br]. The van der Waals surface area contributed by atoms with Gasteiger partial charge >= 0.3 is 60.3 Å². The van der Waals surface area contributed by atoms with Gasteiger partial charge in [-0.05, 0) is 0 Å². The first-order chi connectivity index (χ1) is 2.00. The normalized spacial score (nSPS) is 10.0. The third-order valence-electron chi connectivity index (χ3n) is 0. The minimum absolute atomic E-state index is 0. The van der Waals surface area contributed by atoms with Crippen molar-refractivity contribution in [1.29, 1.82) is 0 Å². The molecule has 0 radical (unpaired) electrons. The molecule has 5 heteroatoms. The van der Waals surface area contributed by atoms with E-state index in [1.807, 2.05) is 0 Å². The predicted molar refractivity (Wildman–Crippen MR) is 48.2 cm³/mol. The van der Waals surface area contributed by atoms with Crippen molar-refractivity contribution in [2.24, 2.45) is 0 Å². The summed E-state index contributed by atoms with van der Waals surface area (Å²) in [5, 5.41) is 0. The molecule has 0 atom stereocenters. The molecule has 0 aliphatic rings. The number of hydrogen-bond donors (Lipinski definition) is 0. The zero-order valence-corrected chi connectivity index (χ0v) is 11.2. The number of halogens is 4. The molecule has 40 valence electrons. The van der Waals surface area contributed by atoms with E-state index in [9.17, 15) is 0 Å². The van der Waals surface area contributed by atoms with Crippen molar-refractivity contribution in [3.05, 3.63) is 0 Å². The molecule has 0 aliphatic carbocycles. The van der Waals surface area contributed by atoms with E-state index >= 15 is 0 Å². The summed E-state index contributed by atoms with van der Waals surface area (Å²) in [7, 11) is -1.93. The van der Waals surface area contributed by atoms with Gasteiger partial charge in [0.15, 0.2) is 0 Å².